The molecule has 1 aliphatic rings. The number of hydrogen-bond acceptors (Lipinski definition) is 4. The van der Waals surface area contributed by atoms with E-state index in [0.717, 1.165) is 17.5 Å². The van der Waals surface area contributed by atoms with Crippen molar-refractivity contribution < 1.29 is 24.9 Å². The molecular formula is C23H27NO5. The number of likely N-dealkylation sites (tertiary alicyclic amines) is 1. The molecule has 29 heavy (non-hydrogen) atoms. The number of aliphatic hydroxyl groups excluding tert-OH is 1. The molecule has 0 bridgehead atoms. The molecule has 6 nitrogen and oxygen atoms in total. The lowest BCUT2D eigenvalue weighted by atomic mass is 9.73. The van der Waals surface area contributed by atoms with Crippen molar-refractivity contribution in [3.8, 4) is 0 Å². The Morgan fingerprint density at radius 2 is 1.76 bits per heavy atom. The van der Waals surface area contributed by atoms with Crippen LogP contribution < -0.4 is 0 Å². The van der Waals surface area contributed by atoms with Gasteiger partial charge in [-0.15, -0.1) is 0 Å². The molecule has 2 atom stereocenters. The Morgan fingerprint density at radius 1 is 1.03 bits per heavy atom. The van der Waals surface area contributed by atoms with Gasteiger partial charge in [0.05, 0.1) is 11.7 Å². The first kappa shape index (κ1) is 21.0. The molecule has 0 amide bonds. The average molecular weight is 397 g/mol. The normalized spacial score (nSPS) is 22.3. The van der Waals surface area contributed by atoms with Gasteiger partial charge in [0.1, 0.15) is 5.41 Å². The number of carboxylic acids is 2. The molecular weight excluding hydrogens is 370 g/mol. The Balaban J connectivity index is 1.70. The molecule has 0 saturated carbocycles. The Bertz CT molecular complexity index is 853. The highest BCUT2D eigenvalue weighted by Crippen LogP contribution is 2.36. The van der Waals surface area contributed by atoms with Gasteiger partial charge in [-0.05, 0) is 48.9 Å². The Labute approximate surface area is 170 Å². The summed E-state index contributed by atoms with van der Waals surface area (Å²) in [5.41, 5.74) is 0.981. The molecule has 2 aromatic rings. The van der Waals surface area contributed by atoms with Gasteiger partial charge in [0.25, 0.3) is 0 Å². The van der Waals surface area contributed by atoms with Crippen LogP contribution in [0.3, 0.4) is 0 Å². The average Bonchev–Trinajstić information content (AvgIpc) is 2.71. The Hall–Kier alpha value is -2.70. The van der Waals surface area contributed by atoms with E-state index in [4.69, 9.17) is 0 Å². The molecule has 3 rings (SSSR count). The van der Waals surface area contributed by atoms with Gasteiger partial charge in [0.15, 0.2) is 0 Å². The third-order valence-corrected chi connectivity index (χ3v) is 5.80. The minimum Gasteiger partial charge on any atom is -0.481 e. The summed E-state index contributed by atoms with van der Waals surface area (Å²) in [5.74, 6) is -1.95. The number of piperidine rings is 1. The van der Waals surface area contributed by atoms with Crippen LogP contribution in [0.15, 0.2) is 54.6 Å². The van der Waals surface area contributed by atoms with Gasteiger partial charge < -0.3 is 15.3 Å². The van der Waals surface area contributed by atoms with Gasteiger partial charge >= 0.3 is 11.9 Å². The number of rotatable bonds is 8. The van der Waals surface area contributed by atoms with Crippen LogP contribution in [-0.4, -0.2) is 51.4 Å². The van der Waals surface area contributed by atoms with Gasteiger partial charge in [0.2, 0.25) is 0 Å². The fourth-order valence-electron chi connectivity index (χ4n) is 4.18. The number of aryl methyl sites for hydroxylation is 1. The summed E-state index contributed by atoms with van der Waals surface area (Å²) >= 11 is 0. The minimum absolute atomic E-state index is 0.215. The number of carboxylic acid groups (broad SMARTS) is 2. The van der Waals surface area contributed by atoms with E-state index in [0.29, 0.717) is 32.4 Å². The number of hydrogen-bond donors (Lipinski definition) is 3. The van der Waals surface area contributed by atoms with Crippen LogP contribution in [0.25, 0.3) is 0 Å². The number of aliphatic carboxylic acids is 1. The molecule has 0 radical (unpaired) electrons. The maximum atomic E-state index is 12.2. The van der Waals surface area contributed by atoms with E-state index in [9.17, 15) is 24.9 Å². The molecule has 1 heterocycles. The van der Waals surface area contributed by atoms with Crippen molar-refractivity contribution in [2.24, 2.45) is 5.41 Å². The highest BCUT2D eigenvalue weighted by Gasteiger charge is 2.48. The number of aliphatic hydroxyl groups is 1. The van der Waals surface area contributed by atoms with Crippen LogP contribution in [0.1, 0.15) is 40.7 Å². The van der Waals surface area contributed by atoms with E-state index in [-0.39, 0.29) is 12.1 Å². The van der Waals surface area contributed by atoms with Crippen LogP contribution >= 0.6 is 0 Å². The molecule has 1 aliphatic heterocycles. The fourth-order valence-corrected chi connectivity index (χ4v) is 4.18. The summed E-state index contributed by atoms with van der Waals surface area (Å²) in [6.07, 6.45) is 1.33. The SMILES string of the molecule is O=C(O)c1cccc(CN2CC[C@@H](O)[C@](CCCc3ccccc3)(C(=O)O)C2)c1. The topological polar surface area (TPSA) is 98.1 Å². The zero-order chi connectivity index (χ0) is 20.9. The van der Waals surface area contributed by atoms with E-state index in [2.05, 4.69) is 0 Å². The third-order valence-electron chi connectivity index (χ3n) is 5.80. The van der Waals surface area contributed by atoms with Crippen molar-refractivity contribution in [3.63, 3.8) is 0 Å². The first-order valence-electron chi connectivity index (χ1n) is 9.91. The Kier molecular flexibility index (Phi) is 6.67. The highest BCUT2D eigenvalue weighted by molar-refractivity contribution is 5.87. The molecule has 2 aromatic carbocycles. The van der Waals surface area contributed by atoms with Gasteiger partial charge in [-0.1, -0.05) is 42.5 Å². The van der Waals surface area contributed by atoms with E-state index in [1.54, 1.807) is 12.1 Å². The molecule has 0 aliphatic carbocycles. The van der Waals surface area contributed by atoms with Crippen molar-refractivity contribution in [1.29, 1.82) is 0 Å². The van der Waals surface area contributed by atoms with Crippen molar-refractivity contribution in [1.82, 2.24) is 4.90 Å². The molecule has 3 N–H and O–H groups in total. The van der Waals surface area contributed by atoms with Gasteiger partial charge in [0, 0.05) is 19.6 Å². The second-order valence-corrected chi connectivity index (χ2v) is 7.82. The number of nitrogens with zero attached hydrogens (tertiary/aromatic N) is 1. The molecule has 0 aromatic heterocycles. The molecule has 154 valence electrons. The summed E-state index contributed by atoms with van der Waals surface area (Å²) in [4.78, 5) is 25.4. The van der Waals surface area contributed by atoms with E-state index >= 15 is 0 Å². The van der Waals surface area contributed by atoms with Gasteiger partial charge in [-0.3, -0.25) is 9.69 Å². The summed E-state index contributed by atoms with van der Waals surface area (Å²) in [5, 5.41) is 29.8. The summed E-state index contributed by atoms with van der Waals surface area (Å²) in [6, 6.07) is 16.6. The van der Waals surface area contributed by atoms with E-state index < -0.39 is 23.5 Å². The lowest BCUT2D eigenvalue weighted by molar-refractivity contribution is -0.164. The van der Waals surface area contributed by atoms with Crippen molar-refractivity contribution in [3.05, 3.63) is 71.3 Å². The molecule has 6 heteroatoms. The lowest BCUT2D eigenvalue weighted by Crippen LogP contribution is -2.55. The Morgan fingerprint density at radius 3 is 2.45 bits per heavy atom. The number of aromatic carboxylic acids is 1. The second kappa shape index (κ2) is 9.20. The van der Waals surface area contributed by atoms with Crippen LogP contribution in [0, 0.1) is 5.41 Å². The molecule has 1 saturated heterocycles. The molecule has 0 unspecified atom stereocenters. The van der Waals surface area contributed by atoms with Gasteiger partial charge in [-0.25, -0.2) is 4.79 Å². The summed E-state index contributed by atoms with van der Waals surface area (Å²) < 4.78 is 0. The first-order valence-corrected chi connectivity index (χ1v) is 9.91. The van der Waals surface area contributed by atoms with Crippen LogP contribution in [-0.2, 0) is 17.8 Å². The first-order chi connectivity index (χ1) is 13.9. The summed E-state index contributed by atoms with van der Waals surface area (Å²) in [6.45, 7) is 1.28. The minimum atomic E-state index is -1.21. The second-order valence-electron chi connectivity index (χ2n) is 7.82. The zero-order valence-electron chi connectivity index (χ0n) is 16.3. The van der Waals surface area contributed by atoms with Crippen molar-refractivity contribution in [2.75, 3.05) is 13.1 Å². The standard InChI is InChI=1S/C23H27NO5/c25-20-11-13-24(15-18-8-4-10-19(14-18)21(26)27)16-23(20,22(28)29)12-5-9-17-6-2-1-3-7-17/h1-4,6-8,10,14,20,25H,5,9,11-13,15-16H2,(H,26,27)(H,28,29)/t20-,23-/m1/s1. The number of carbonyl (C=O) groups is 2. The van der Waals surface area contributed by atoms with Crippen LogP contribution in [0.2, 0.25) is 0 Å². The van der Waals surface area contributed by atoms with Crippen molar-refractivity contribution in [2.45, 2.75) is 38.3 Å². The largest absolute Gasteiger partial charge is 0.481 e. The highest BCUT2D eigenvalue weighted by atomic mass is 16.4. The fraction of sp³-hybridized carbons (Fsp3) is 0.391. The maximum absolute atomic E-state index is 12.2. The maximum Gasteiger partial charge on any atom is 0.335 e. The third kappa shape index (κ3) is 5.02. The van der Waals surface area contributed by atoms with Crippen LogP contribution in [0.5, 0.6) is 0 Å². The molecule has 1 fully saturated rings. The van der Waals surface area contributed by atoms with Crippen molar-refractivity contribution >= 4 is 11.9 Å². The molecule has 0 spiro atoms. The predicted octanol–water partition coefficient (Wildman–Crippen LogP) is 3.05. The smallest absolute Gasteiger partial charge is 0.335 e. The van der Waals surface area contributed by atoms with E-state index in [1.807, 2.05) is 41.3 Å². The predicted molar refractivity (Wildman–Crippen MR) is 109 cm³/mol. The van der Waals surface area contributed by atoms with Crippen LogP contribution in [0.4, 0.5) is 0 Å². The summed E-state index contributed by atoms with van der Waals surface area (Å²) in [7, 11) is 0. The van der Waals surface area contributed by atoms with E-state index in [1.165, 1.54) is 6.07 Å². The quantitative estimate of drug-likeness (QED) is 0.633. The number of benzene rings is 2. The van der Waals surface area contributed by atoms with Gasteiger partial charge in [-0.2, -0.15) is 0 Å². The monoisotopic (exact) mass is 397 g/mol. The zero-order valence-corrected chi connectivity index (χ0v) is 16.3. The lowest BCUT2D eigenvalue weighted by Gasteiger charge is -2.43.